The summed E-state index contributed by atoms with van der Waals surface area (Å²) in [5.41, 5.74) is 4.22. The molecule has 1 aromatic heterocycles. The van der Waals surface area contributed by atoms with Crippen molar-refractivity contribution in [2.24, 2.45) is 16.2 Å². The smallest absolute Gasteiger partial charge is 0.251 e. The molecule has 4 amide bonds. The number of hydrogen-bond acceptors (Lipinski definition) is 13. The molecule has 4 fully saturated rings. The highest BCUT2D eigenvalue weighted by Gasteiger charge is 2.64. The normalized spacial score (nSPS) is 24.2. The summed E-state index contributed by atoms with van der Waals surface area (Å²) in [4.78, 5) is 67.1. The number of halogens is 1. The van der Waals surface area contributed by atoms with Crippen molar-refractivity contribution in [3.63, 3.8) is 0 Å². The maximum Gasteiger partial charge on any atom is 0.251 e. The van der Waals surface area contributed by atoms with Crippen molar-refractivity contribution in [1.29, 1.82) is 5.26 Å². The number of piperazine rings is 1. The van der Waals surface area contributed by atoms with Crippen LogP contribution in [0.15, 0.2) is 72.2 Å². The summed E-state index contributed by atoms with van der Waals surface area (Å²) < 4.78 is 18.9. The third kappa shape index (κ3) is 13.3. The molecule has 4 aliphatic rings. The molecular weight excluding hydrogens is 1020 g/mol. The van der Waals surface area contributed by atoms with Gasteiger partial charge in [0.25, 0.3) is 5.91 Å². The topological polar surface area (TPSA) is 199 Å². The second-order valence-electron chi connectivity index (χ2n) is 23.6. The van der Waals surface area contributed by atoms with Gasteiger partial charge in [-0.3, -0.25) is 29.0 Å². The van der Waals surface area contributed by atoms with E-state index >= 15 is 0 Å². The Morgan fingerprint density at radius 2 is 1.61 bits per heavy atom. The number of thiazole rings is 1. The number of benzene rings is 3. The Kier molecular flexibility index (Phi) is 18.1. The molecule has 6 atom stereocenters. The number of carbonyl (C=O) groups excluding carboxylic acids is 4. The molecule has 0 unspecified atom stereocenters. The molecule has 2 aliphatic carbocycles. The first-order valence-corrected chi connectivity index (χ1v) is 28.4. The third-order valence-electron chi connectivity index (χ3n) is 16.3. The van der Waals surface area contributed by atoms with Gasteiger partial charge in [0.05, 0.1) is 44.9 Å². The minimum absolute atomic E-state index is 0.00831. The highest BCUT2D eigenvalue weighted by atomic mass is 35.5. The second-order valence-corrected chi connectivity index (χ2v) is 24.9. The number of aliphatic hydroxyl groups excluding tert-OH is 1. The van der Waals surface area contributed by atoms with Gasteiger partial charge in [-0.25, -0.2) is 4.98 Å². The fourth-order valence-corrected chi connectivity index (χ4v) is 13.2. The number of aliphatic hydroxyl groups is 1. The minimum Gasteiger partial charge on any atom is -0.492 e. The van der Waals surface area contributed by atoms with E-state index in [4.69, 9.17) is 25.8 Å². The van der Waals surface area contributed by atoms with Gasteiger partial charge in [-0.05, 0) is 79.6 Å². The molecule has 4 aromatic rings. The van der Waals surface area contributed by atoms with Crippen LogP contribution in [0.25, 0.3) is 10.4 Å². The Morgan fingerprint density at radius 3 is 2.25 bits per heavy atom. The van der Waals surface area contributed by atoms with E-state index in [2.05, 4.69) is 64.5 Å². The van der Waals surface area contributed by atoms with Crippen LogP contribution in [0.5, 0.6) is 11.5 Å². The Morgan fingerprint density at radius 1 is 0.935 bits per heavy atom. The van der Waals surface area contributed by atoms with Crippen molar-refractivity contribution < 1.29 is 38.5 Å². The molecule has 0 spiro atoms. The SMILES string of the molecule is Cc1ncsc1-c1ccc([C@H](C)NC(=O)[C@@H]2C[C@@H](O)CN2C(=O)[C@@H](NC(=O)CO[C@@H]2CCCC[C@H]2N2CCN(CCOc3ccc(C(=O)N[C@H]4C(C)(C)[C@H](Oc5ccc(C#N)c(Cl)c5)C4(C)C)cc3)CC2)C(C)(C)C)cc1. The predicted octanol–water partition coefficient (Wildman–Crippen LogP) is 7.95. The number of nitrogens with one attached hydrogen (secondary N) is 3. The quantitative estimate of drug-likeness (QED) is 0.0752. The standard InChI is InChI=1S/C59H77ClN8O8S/c1-36(38-14-16-39(17-15-38)50-37(2)62-35-77-50)63-53(72)47-30-42(69)33-68(47)54(73)51(57(3,4)5)64-49(70)34-75-48-13-11-10-12-46(48)67-26-24-66(25-27-67)28-29-74-43-21-18-40(19-22-43)52(71)65-55-58(6,7)56(59(55,8)9)76-44-23-20-41(32-61)45(60)31-44/h14-23,31,35-36,42,46-48,51,55-56,69H,10-13,24-30,33-34H2,1-9H3,(H,63,72)(H,64,70)(H,65,71)/t36-,42+,46+,47-,48+,51+,55-,56-/m0/s1. The van der Waals surface area contributed by atoms with Gasteiger partial charge in [0.15, 0.2) is 0 Å². The molecule has 3 aromatic carbocycles. The lowest BCUT2D eigenvalue weighted by atomic mass is 9.49. The Balaban J connectivity index is 0.764. The van der Waals surface area contributed by atoms with Crippen LogP contribution >= 0.6 is 22.9 Å². The van der Waals surface area contributed by atoms with Crippen LogP contribution in [-0.4, -0.2) is 143 Å². The van der Waals surface area contributed by atoms with Gasteiger partial charge in [-0.2, -0.15) is 5.26 Å². The van der Waals surface area contributed by atoms with Gasteiger partial charge in [0.2, 0.25) is 17.7 Å². The average molecular weight is 1090 g/mol. The third-order valence-corrected chi connectivity index (χ3v) is 17.5. The fourth-order valence-electron chi connectivity index (χ4n) is 12.2. The first-order chi connectivity index (χ1) is 36.5. The summed E-state index contributed by atoms with van der Waals surface area (Å²) in [5, 5.41) is 29.7. The molecule has 18 heteroatoms. The van der Waals surface area contributed by atoms with E-state index in [9.17, 15) is 29.5 Å². The number of nitrogens with zero attached hydrogens (tertiary/aromatic N) is 5. The lowest BCUT2D eigenvalue weighted by Crippen LogP contribution is -2.74. The summed E-state index contributed by atoms with van der Waals surface area (Å²) in [6, 6.07) is 20.2. The Bertz CT molecular complexity index is 2750. The van der Waals surface area contributed by atoms with Gasteiger partial charge in [-0.15, -0.1) is 11.3 Å². The molecule has 8 rings (SSSR count). The number of carbonyl (C=O) groups is 4. The van der Waals surface area contributed by atoms with Crippen LogP contribution in [-0.2, 0) is 19.1 Å². The van der Waals surface area contributed by atoms with E-state index in [-0.39, 0.29) is 72.6 Å². The van der Waals surface area contributed by atoms with Crippen molar-refractivity contribution in [2.45, 2.75) is 143 Å². The Hall–Kier alpha value is -5.61. The minimum atomic E-state index is -0.956. The number of hydrogen-bond donors (Lipinski definition) is 4. The lowest BCUT2D eigenvalue weighted by molar-refractivity contribution is -0.164. The highest BCUT2D eigenvalue weighted by Crippen LogP contribution is 2.55. The van der Waals surface area contributed by atoms with Crippen molar-refractivity contribution in [3.8, 4) is 28.0 Å². The number of aromatic nitrogens is 1. The summed E-state index contributed by atoms with van der Waals surface area (Å²) in [6.07, 6.45) is 2.80. The molecule has 4 N–H and O–H groups in total. The van der Waals surface area contributed by atoms with Crippen LogP contribution < -0.4 is 25.4 Å². The molecule has 2 saturated carbocycles. The zero-order valence-electron chi connectivity index (χ0n) is 46.1. The summed E-state index contributed by atoms with van der Waals surface area (Å²) in [5.74, 6) is -0.0578. The van der Waals surface area contributed by atoms with Gasteiger partial charge < -0.3 is 40.2 Å². The zero-order valence-corrected chi connectivity index (χ0v) is 47.6. The highest BCUT2D eigenvalue weighted by molar-refractivity contribution is 7.13. The molecular formula is C59H77ClN8O8S. The first kappa shape index (κ1) is 57.6. The molecule has 0 bridgehead atoms. The van der Waals surface area contributed by atoms with E-state index in [0.717, 1.165) is 80.1 Å². The van der Waals surface area contributed by atoms with Crippen LogP contribution in [0, 0.1) is 34.5 Å². The summed E-state index contributed by atoms with van der Waals surface area (Å²) in [7, 11) is 0. The van der Waals surface area contributed by atoms with E-state index in [1.165, 1.54) is 4.90 Å². The number of amides is 4. The first-order valence-electron chi connectivity index (χ1n) is 27.1. The maximum atomic E-state index is 14.4. The monoisotopic (exact) mass is 1090 g/mol. The fraction of sp³-hybridized carbons (Fsp3) is 0.559. The summed E-state index contributed by atoms with van der Waals surface area (Å²) in [6.45, 7) is 22.3. The molecule has 414 valence electrons. The number of rotatable bonds is 18. The van der Waals surface area contributed by atoms with E-state index in [1.807, 2.05) is 76.5 Å². The van der Waals surface area contributed by atoms with Crippen LogP contribution in [0.3, 0.4) is 0 Å². The largest absolute Gasteiger partial charge is 0.492 e. The van der Waals surface area contributed by atoms with Gasteiger partial charge in [0.1, 0.15) is 49.0 Å². The van der Waals surface area contributed by atoms with E-state index in [0.29, 0.717) is 34.3 Å². The molecule has 0 radical (unpaired) electrons. The number of aryl methyl sites for hydroxylation is 1. The van der Waals surface area contributed by atoms with Crippen molar-refractivity contribution in [2.75, 3.05) is 52.5 Å². The Labute approximate surface area is 463 Å². The van der Waals surface area contributed by atoms with Crippen molar-refractivity contribution >= 4 is 46.6 Å². The zero-order chi connectivity index (χ0) is 55.4. The average Bonchev–Trinajstić information content (AvgIpc) is 4.04. The predicted molar refractivity (Wildman–Crippen MR) is 298 cm³/mol. The van der Waals surface area contributed by atoms with E-state index < -0.39 is 35.4 Å². The molecule has 16 nitrogen and oxygen atoms in total. The molecule has 3 heterocycles. The number of β-amino-alcohol motifs (C(OH)–C–C–N with tert-alkyl or cyclic N) is 1. The molecule has 2 saturated heterocycles. The van der Waals surface area contributed by atoms with Crippen molar-refractivity contribution in [3.05, 3.63) is 99.6 Å². The molecule has 2 aliphatic heterocycles. The van der Waals surface area contributed by atoms with Gasteiger partial charge >= 0.3 is 0 Å². The van der Waals surface area contributed by atoms with Crippen LogP contribution in [0.1, 0.15) is 121 Å². The summed E-state index contributed by atoms with van der Waals surface area (Å²) >= 11 is 7.85. The van der Waals surface area contributed by atoms with Gasteiger partial charge in [-0.1, -0.05) is 97.2 Å². The van der Waals surface area contributed by atoms with Crippen LogP contribution in [0.2, 0.25) is 5.02 Å². The number of nitriles is 1. The number of likely N-dealkylation sites (tertiary alicyclic amines) is 1. The van der Waals surface area contributed by atoms with Crippen LogP contribution in [0.4, 0.5) is 0 Å². The second kappa shape index (κ2) is 24.2. The van der Waals surface area contributed by atoms with E-state index in [1.54, 1.807) is 41.7 Å². The van der Waals surface area contributed by atoms with Crippen molar-refractivity contribution in [1.82, 2.24) is 35.6 Å². The lowest BCUT2D eigenvalue weighted by Gasteiger charge is -2.63. The van der Waals surface area contributed by atoms with Gasteiger partial charge in [0, 0.05) is 80.2 Å². The number of ether oxygens (including phenoxy) is 3. The molecule has 77 heavy (non-hydrogen) atoms. The maximum absolute atomic E-state index is 14.4.